The molecule has 0 radical (unpaired) electrons. The number of para-hydroxylation sites is 1. The second-order valence-electron chi connectivity index (χ2n) is 6.44. The van der Waals surface area contributed by atoms with Gasteiger partial charge in [-0.2, -0.15) is 18.3 Å². The number of alkyl halides is 3. The molecule has 10 heteroatoms. The number of carbonyl (C=O) groups is 2. The van der Waals surface area contributed by atoms with Gasteiger partial charge in [0.2, 0.25) is 0 Å². The van der Waals surface area contributed by atoms with Crippen LogP contribution in [0.15, 0.2) is 60.3 Å². The lowest BCUT2D eigenvalue weighted by Gasteiger charge is -2.23. The summed E-state index contributed by atoms with van der Waals surface area (Å²) in [6.45, 7) is 1.50. The van der Waals surface area contributed by atoms with Gasteiger partial charge in [0.15, 0.2) is 0 Å². The van der Waals surface area contributed by atoms with Crippen LogP contribution in [-0.2, 0) is 15.8 Å². The van der Waals surface area contributed by atoms with Crippen molar-refractivity contribution in [2.45, 2.75) is 19.5 Å². The number of carboxylic acids is 2. The molecular formula is C19H18F3N3O4. The van der Waals surface area contributed by atoms with Gasteiger partial charge >= 0.3 is 18.1 Å². The van der Waals surface area contributed by atoms with Gasteiger partial charge in [-0.3, -0.25) is 4.79 Å². The van der Waals surface area contributed by atoms with Crippen LogP contribution in [0.3, 0.4) is 0 Å². The summed E-state index contributed by atoms with van der Waals surface area (Å²) < 4.78 is 39.1. The monoisotopic (exact) mass is 409 g/mol. The molecule has 0 bridgehead atoms. The Balaban J connectivity index is 0.000000212. The van der Waals surface area contributed by atoms with Gasteiger partial charge in [-0.25, -0.2) is 9.48 Å². The first kappa shape index (κ1) is 21.7. The molecule has 1 aliphatic rings. The Bertz CT molecular complexity index is 979. The maximum Gasteiger partial charge on any atom is 0.418 e. The quantitative estimate of drug-likeness (QED) is 0.714. The molecule has 0 spiro atoms. The summed E-state index contributed by atoms with van der Waals surface area (Å²) in [5.41, 5.74) is 3.74. The zero-order chi connectivity index (χ0) is 21.8. The number of benzene rings is 1. The van der Waals surface area contributed by atoms with Crippen molar-refractivity contribution in [2.75, 3.05) is 5.73 Å². The summed E-state index contributed by atoms with van der Waals surface area (Å²) >= 11 is 0. The highest BCUT2D eigenvalue weighted by Gasteiger charge is 2.35. The Morgan fingerprint density at radius 1 is 1.21 bits per heavy atom. The summed E-state index contributed by atoms with van der Waals surface area (Å²) in [4.78, 5) is 21.3. The Kier molecular flexibility index (Phi) is 6.15. The highest BCUT2D eigenvalue weighted by molar-refractivity contribution is 5.90. The Hall–Kier alpha value is -3.56. The van der Waals surface area contributed by atoms with E-state index in [9.17, 15) is 22.8 Å². The number of halogens is 3. The lowest BCUT2D eigenvalue weighted by molar-refractivity contribution is -0.145. The van der Waals surface area contributed by atoms with E-state index in [0.717, 1.165) is 10.7 Å². The van der Waals surface area contributed by atoms with Crippen molar-refractivity contribution in [1.82, 2.24) is 9.78 Å². The van der Waals surface area contributed by atoms with Gasteiger partial charge < -0.3 is 15.9 Å². The molecule has 0 fully saturated rings. The number of rotatable bonds is 3. The Labute approximate surface area is 163 Å². The molecule has 1 unspecified atom stereocenters. The molecule has 1 heterocycles. The van der Waals surface area contributed by atoms with E-state index in [4.69, 9.17) is 15.9 Å². The number of aliphatic carboxylic acids is 2. The first-order chi connectivity index (χ1) is 13.5. The molecule has 0 saturated carbocycles. The van der Waals surface area contributed by atoms with E-state index in [2.05, 4.69) is 5.10 Å². The fourth-order valence-corrected chi connectivity index (χ4v) is 2.60. The third kappa shape index (κ3) is 5.03. The van der Waals surface area contributed by atoms with Crippen LogP contribution in [0.5, 0.6) is 0 Å². The van der Waals surface area contributed by atoms with Crippen LogP contribution in [-0.4, -0.2) is 31.9 Å². The second-order valence-corrected chi connectivity index (χ2v) is 6.44. The fourth-order valence-electron chi connectivity index (χ4n) is 2.60. The summed E-state index contributed by atoms with van der Waals surface area (Å²) in [5.74, 6) is -1.90. The lowest BCUT2D eigenvalue weighted by atomic mass is 9.80. The predicted octanol–water partition coefficient (Wildman–Crippen LogP) is 3.52. The van der Waals surface area contributed by atoms with Crippen LogP contribution in [0.2, 0.25) is 0 Å². The van der Waals surface area contributed by atoms with E-state index in [-0.39, 0.29) is 23.5 Å². The summed E-state index contributed by atoms with van der Waals surface area (Å²) in [6, 6.07) is 6.59. The SMILES string of the molecule is CC1(C(=O)O)C=CC=C(C(=O)O)C1.Nc1ccnn1-c1ccccc1C(F)(F)F. The fraction of sp³-hybridized carbons (Fsp3) is 0.211. The minimum absolute atomic E-state index is 0.0359. The van der Waals surface area contributed by atoms with Crippen molar-refractivity contribution in [3.05, 3.63) is 65.9 Å². The number of nitrogens with zero attached hydrogens (tertiary/aromatic N) is 2. The number of aromatic nitrogens is 2. The number of nitrogen functional groups attached to an aromatic ring is 1. The van der Waals surface area contributed by atoms with Crippen LogP contribution < -0.4 is 5.73 Å². The minimum atomic E-state index is -4.42. The van der Waals surface area contributed by atoms with E-state index >= 15 is 0 Å². The van der Waals surface area contributed by atoms with Crippen molar-refractivity contribution in [3.63, 3.8) is 0 Å². The van der Waals surface area contributed by atoms with Crippen molar-refractivity contribution >= 4 is 17.8 Å². The Morgan fingerprint density at radius 3 is 2.38 bits per heavy atom. The van der Waals surface area contributed by atoms with Gasteiger partial charge in [0.05, 0.1) is 22.9 Å². The predicted molar refractivity (Wildman–Crippen MR) is 98.2 cm³/mol. The minimum Gasteiger partial charge on any atom is -0.481 e. The van der Waals surface area contributed by atoms with Crippen LogP contribution in [0.1, 0.15) is 18.9 Å². The number of nitrogens with two attached hydrogens (primary N) is 1. The van der Waals surface area contributed by atoms with Crippen molar-refractivity contribution in [1.29, 1.82) is 0 Å². The first-order valence-electron chi connectivity index (χ1n) is 8.27. The third-order valence-electron chi connectivity index (χ3n) is 4.19. The second kappa shape index (κ2) is 8.21. The molecule has 1 atom stereocenters. The van der Waals surface area contributed by atoms with E-state index in [1.807, 2.05) is 0 Å². The van der Waals surface area contributed by atoms with Gasteiger partial charge in [-0.05, 0) is 25.5 Å². The first-order valence-corrected chi connectivity index (χ1v) is 8.27. The van der Waals surface area contributed by atoms with Gasteiger partial charge in [0.25, 0.3) is 0 Å². The molecule has 29 heavy (non-hydrogen) atoms. The number of allylic oxidation sites excluding steroid dienone is 2. The molecule has 7 nitrogen and oxygen atoms in total. The van der Waals surface area contributed by atoms with Crippen LogP contribution in [0, 0.1) is 5.41 Å². The highest BCUT2D eigenvalue weighted by Crippen LogP contribution is 2.34. The van der Waals surface area contributed by atoms with Crippen LogP contribution >= 0.6 is 0 Å². The van der Waals surface area contributed by atoms with Gasteiger partial charge in [0, 0.05) is 11.6 Å². The summed E-state index contributed by atoms with van der Waals surface area (Å²) in [6.07, 6.45) is 1.36. The molecule has 0 amide bonds. The van der Waals surface area contributed by atoms with Gasteiger partial charge in [-0.1, -0.05) is 30.4 Å². The third-order valence-corrected chi connectivity index (χ3v) is 4.19. The average Bonchev–Trinajstić information content (AvgIpc) is 3.07. The van der Waals surface area contributed by atoms with E-state index in [1.54, 1.807) is 0 Å². The van der Waals surface area contributed by atoms with E-state index in [1.165, 1.54) is 55.6 Å². The zero-order valence-electron chi connectivity index (χ0n) is 15.2. The molecule has 1 aromatic carbocycles. The Morgan fingerprint density at radius 2 is 1.86 bits per heavy atom. The maximum atomic E-state index is 12.7. The van der Waals surface area contributed by atoms with Crippen molar-refractivity contribution in [3.8, 4) is 5.69 Å². The maximum absolute atomic E-state index is 12.7. The topological polar surface area (TPSA) is 118 Å². The largest absolute Gasteiger partial charge is 0.481 e. The molecule has 1 aliphatic carbocycles. The lowest BCUT2D eigenvalue weighted by Crippen LogP contribution is -2.28. The number of anilines is 1. The van der Waals surface area contributed by atoms with Crippen molar-refractivity contribution in [2.24, 2.45) is 5.41 Å². The van der Waals surface area contributed by atoms with Crippen LogP contribution in [0.4, 0.5) is 19.0 Å². The van der Waals surface area contributed by atoms with E-state index < -0.39 is 29.1 Å². The average molecular weight is 409 g/mol. The molecule has 0 aliphatic heterocycles. The summed E-state index contributed by atoms with van der Waals surface area (Å²) in [5, 5.41) is 21.2. The number of hydrogen-bond acceptors (Lipinski definition) is 4. The zero-order valence-corrected chi connectivity index (χ0v) is 15.2. The molecule has 154 valence electrons. The highest BCUT2D eigenvalue weighted by atomic mass is 19.4. The van der Waals surface area contributed by atoms with Gasteiger partial charge in [0.1, 0.15) is 5.82 Å². The summed E-state index contributed by atoms with van der Waals surface area (Å²) in [7, 11) is 0. The molecule has 3 rings (SSSR count). The molecular weight excluding hydrogens is 391 g/mol. The number of hydrogen-bond donors (Lipinski definition) is 3. The van der Waals surface area contributed by atoms with Gasteiger partial charge in [-0.15, -0.1) is 0 Å². The normalized spacial score (nSPS) is 18.4. The standard InChI is InChI=1S/C10H8F3N3.C9H10O4/c11-10(12,13)7-3-1-2-4-8(7)16-9(14)5-6-15-16;1-9(8(12)13)4-2-3-6(5-9)7(10)11/h1-6H,14H2;2-4H,5H2,1H3,(H,10,11)(H,12,13). The molecule has 1 aromatic heterocycles. The smallest absolute Gasteiger partial charge is 0.418 e. The number of carboxylic acid groups (broad SMARTS) is 2. The molecule has 2 aromatic rings. The molecule has 0 saturated heterocycles. The molecule has 4 N–H and O–H groups in total. The van der Waals surface area contributed by atoms with Crippen LogP contribution in [0.25, 0.3) is 5.69 Å². The van der Waals surface area contributed by atoms with E-state index in [0.29, 0.717) is 0 Å². The van der Waals surface area contributed by atoms with Crippen molar-refractivity contribution < 1.29 is 33.0 Å².